The molecular weight excluding hydrogens is 200 g/mol. The van der Waals surface area contributed by atoms with Crippen molar-refractivity contribution in [3.05, 3.63) is 35.4 Å². The number of hydrogen-bond acceptors (Lipinski definition) is 1. The van der Waals surface area contributed by atoms with Crippen LogP contribution in [0.3, 0.4) is 0 Å². The van der Waals surface area contributed by atoms with Gasteiger partial charge >= 0.3 is 0 Å². The fourth-order valence-electron chi connectivity index (χ4n) is 1.19. The SMILES string of the molecule is CCC(=O)NCCc1ccc(F)cc1F. The fourth-order valence-corrected chi connectivity index (χ4v) is 1.19. The second-order valence-electron chi connectivity index (χ2n) is 3.19. The Morgan fingerprint density at radius 1 is 1.40 bits per heavy atom. The van der Waals surface area contributed by atoms with E-state index in [0.717, 1.165) is 6.07 Å². The highest BCUT2D eigenvalue weighted by Crippen LogP contribution is 2.09. The third kappa shape index (κ3) is 3.65. The monoisotopic (exact) mass is 213 g/mol. The molecule has 82 valence electrons. The van der Waals surface area contributed by atoms with Crippen LogP contribution in [0.25, 0.3) is 0 Å². The zero-order valence-corrected chi connectivity index (χ0v) is 8.52. The minimum atomic E-state index is -0.589. The van der Waals surface area contributed by atoms with Gasteiger partial charge in [0.2, 0.25) is 5.91 Å². The molecule has 0 fully saturated rings. The maximum atomic E-state index is 13.1. The van der Waals surface area contributed by atoms with Crippen LogP contribution >= 0.6 is 0 Å². The molecular formula is C11H13F2NO. The summed E-state index contributed by atoms with van der Waals surface area (Å²) in [5, 5.41) is 2.62. The molecule has 0 radical (unpaired) electrons. The highest BCUT2D eigenvalue weighted by molar-refractivity contribution is 5.75. The average molecular weight is 213 g/mol. The number of carbonyl (C=O) groups is 1. The van der Waals surface area contributed by atoms with E-state index < -0.39 is 11.6 Å². The molecule has 2 nitrogen and oxygen atoms in total. The summed E-state index contributed by atoms with van der Waals surface area (Å²) < 4.78 is 25.6. The molecule has 1 amide bonds. The Labute approximate surface area is 87.3 Å². The molecule has 0 bridgehead atoms. The first-order valence-corrected chi connectivity index (χ1v) is 4.84. The van der Waals surface area contributed by atoms with Crippen LogP contribution in [0.4, 0.5) is 8.78 Å². The molecule has 1 N–H and O–H groups in total. The lowest BCUT2D eigenvalue weighted by Gasteiger charge is -2.04. The van der Waals surface area contributed by atoms with Crippen LogP contribution in [-0.4, -0.2) is 12.5 Å². The molecule has 0 aromatic heterocycles. The lowest BCUT2D eigenvalue weighted by atomic mass is 10.1. The molecule has 1 rings (SSSR count). The predicted molar refractivity (Wildman–Crippen MR) is 53.4 cm³/mol. The van der Waals surface area contributed by atoms with Crippen LogP contribution < -0.4 is 5.32 Å². The van der Waals surface area contributed by atoms with Gasteiger partial charge in [0.1, 0.15) is 11.6 Å². The summed E-state index contributed by atoms with van der Waals surface area (Å²) in [5.41, 5.74) is 0.410. The van der Waals surface area contributed by atoms with Crippen molar-refractivity contribution in [3.8, 4) is 0 Å². The van der Waals surface area contributed by atoms with Gasteiger partial charge in [-0.15, -0.1) is 0 Å². The van der Waals surface area contributed by atoms with Crippen molar-refractivity contribution in [2.75, 3.05) is 6.54 Å². The van der Waals surface area contributed by atoms with Gasteiger partial charge in [0, 0.05) is 19.0 Å². The van der Waals surface area contributed by atoms with E-state index in [-0.39, 0.29) is 5.91 Å². The van der Waals surface area contributed by atoms with Crippen LogP contribution in [0.15, 0.2) is 18.2 Å². The quantitative estimate of drug-likeness (QED) is 0.814. The second kappa shape index (κ2) is 5.44. The molecule has 4 heteroatoms. The third-order valence-corrected chi connectivity index (χ3v) is 2.05. The molecule has 0 atom stereocenters. The van der Waals surface area contributed by atoms with Crippen LogP contribution in [-0.2, 0) is 11.2 Å². The number of halogens is 2. The lowest BCUT2D eigenvalue weighted by Crippen LogP contribution is -2.24. The molecule has 0 unspecified atom stereocenters. The Hall–Kier alpha value is -1.45. The minimum Gasteiger partial charge on any atom is -0.356 e. The molecule has 0 saturated carbocycles. The molecule has 0 aliphatic heterocycles. The normalized spacial score (nSPS) is 10.1. The van der Waals surface area contributed by atoms with Gasteiger partial charge < -0.3 is 5.32 Å². The van der Waals surface area contributed by atoms with Crippen molar-refractivity contribution in [2.45, 2.75) is 19.8 Å². The van der Waals surface area contributed by atoms with E-state index in [1.807, 2.05) is 0 Å². The number of benzene rings is 1. The zero-order valence-electron chi connectivity index (χ0n) is 8.52. The van der Waals surface area contributed by atoms with Crippen LogP contribution in [0.5, 0.6) is 0 Å². The molecule has 0 spiro atoms. The maximum absolute atomic E-state index is 13.1. The van der Waals surface area contributed by atoms with Crippen molar-refractivity contribution in [3.63, 3.8) is 0 Å². The van der Waals surface area contributed by atoms with Crippen LogP contribution in [0.2, 0.25) is 0 Å². The zero-order chi connectivity index (χ0) is 11.3. The Kier molecular flexibility index (Phi) is 4.21. The molecule has 1 aromatic rings. The summed E-state index contributed by atoms with van der Waals surface area (Å²) in [5.74, 6) is -1.23. The smallest absolute Gasteiger partial charge is 0.219 e. The fraction of sp³-hybridized carbons (Fsp3) is 0.364. The number of hydrogen-bond donors (Lipinski definition) is 1. The van der Waals surface area contributed by atoms with Crippen molar-refractivity contribution < 1.29 is 13.6 Å². The molecule has 0 heterocycles. The van der Waals surface area contributed by atoms with Gasteiger partial charge in [-0.25, -0.2) is 8.78 Å². The standard InChI is InChI=1S/C11H13F2NO/c1-2-11(15)14-6-5-8-3-4-9(12)7-10(8)13/h3-4,7H,2,5-6H2,1H3,(H,14,15). The van der Waals surface area contributed by atoms with Gasteiger partial charge in [-0.3, -0.25) is 4.79 Å². The third-order valence-electron chi connectivity index (χ3n) is 2.05. The number of amides is 1. The summed E-state index contributed by atoms with van der Waals surface area (Å²) in [7, 11) is 0. The Bertz CT molecular complexity index is 352. The summed E-state index contributed by atoms with van der Waals surface area (Å²) in [4.78, 5) is 10.9. The summed E-state index contributed by atoms with van der Waals surface area (Å²) in [6.45, 7) is 2.11. The van der Waals surface area contributed by atoms with Crippen molar-refractivity contribution >= 4 is 5.91 Å². The first-order chi connectivity index (χ1) is 7.13. The van der Waals surface area contributed by atoms with Gasteiger partial charge in [-0.2, -0.15) is 0 Å². The van der Waals surface area contributed by atoms with Crippen molar-refractivity contribution in [2.24, 2.45) is 0 Å². The van der Waals surface area contributed by atoms with Gasteiger partial charge in [0.25, 0.3) is 0 Å². The topological polar surface area (TPSA) is 29.1 Å². The Morgan fingerprint density at radius 3 is 2.73 bits per heavy atom. The molecule has 0 saturated heterocycles. The first kappa shape index (κ1) is 11.6. The summed E-state index contributed by atoms with van der Waals surface area (Å²) in [6.07, 6.45) is 0.782. The highest BCUT2D eigenvalue weighted by atomic mass is 19.1. The molecule has 1 aromatic carbocycles. The summed E-state index contributed by atoms with van der Waals surface area (Å²) >= 11 is 0. The van der Waals surface area contributed by atoms with Gasteiger partial charge in [0.15, 0.2) is 0 Å². The van der Waals surface area contributed by atoms with E-state index in [0.29, 0.717) is 24.9 Å². The minimum absolute atomic E-state index is 0.0717. The lowest BCUT2D eigenvalue weighted by molar-refractivity contribution is -0.120. The number of rotatable bonds is 4. The van der Waals surface area contributed by atoms with E-state index in [1.165, 1.54) is 12.1 Å². The Balaban J connectivity index is 2.47. The average Bonchev–Trinajstić information content (AvgIpc) is 2.21. The van der Waals surface area contributed by atoms with Gasteiger partial charge in [-0.1, -0.05) is 13.0 Å². The first-order valence-electron chi connectivity index (χ1n) is 4.84. The molecule has 0 aliphatic carbocycles. The van der Waals surface area contributed by atoms with E-state index in [9.17, 15) is 13.6 Å². The van der Waals surface area contributed by atoms with Crippen LogP contribution in [0, 0.1) is 11.6 Å². The van der Waals surface area contributed by atoms with Crippen molar-refractivity contribution in [1.29, 1.82) is 0 Å². The van der Waals surface area contributed by atoms with Crippen molar-refractivity contribution in [1.82, 2.24) is 5.32 Å². The predicted octanol–water partition coefficient (Wildman–Crippen LogP) is 2.03. The highest BCUT2D eigenvalue weighted by Gasteiger charge is 2.03. The molecule has 15 heavy (non-hydrogen) atoms. The second-order valence-corrected chi connectivity index (χ2v) is 3.19. The van der Waals surface area contributed by atoms with E-state index in [1.54, 1.807) is 6.92 Å². The van der Waals surface area contributed by atoms with E-state index in [4.69, 9.17) is 0 Å². The van der Waals surface area contributed by atoms with Gasteiger partial charge in [-0.05, 0) is 18.1 Å². The largest absolute Gasteiger partial charge is 0.356 e. The van der Waals surface area contributed by atoms with Crippen LogP contribution in [0.1, 0.15) is 18.9 Å². The number of carbonyl (C=O) groups excluding carboxylic acids is 1. The summed E-state index contributed by atoms with van der Waals surface area (Å²) in [6, 6.07) is 3.44. The molecule has 0 aliphatic rings. The van der Waals surface area contributed by atoms with E-state index >= 15 is 0 Å². The van der Waals surface area contributed by atoms with E-state index in [2.05, 4.69) is 5.32 Å². The maximum Gasteiger partial charge on any atom is 0.219 e. The number of nitrogens with one attached hydrogen (secondary N) is 1. The van der Waals surface area contributed by atoms with Gasteiger partial charge in [0.05, 0.1) is 0 Å². The Morgan fingerprint density at radius 2 is 2.13 bits per heavy atom.